The molecule has 3 fully saturated rings. The van der Waals surface area contributed by atoms with Crippen molar-refractivity contribution in [2.45, 2.75) is 109 Å². The molecular formula is C24H46N2O2. The molecule has 0 heterocycles. The molecule has 2 atom stereocenters. The molecule has 28 heavy (non-hydrogen) atoms. The van der Waals surface area contributed by atoms with Gasteiger partial charge in [-0.2, -0.15) is 0 Å². The van der Waals surface area contributed by atoms with E-state index >= 15 is 0 Å². The summed E-state index contributed by atoms with van der Waals surface area (Å²) in [6.45, 7) is 4.29. The van der Waals surface area contributed by atoms with Crippen LogP contribution in [0.25, 0.3) is 0 Å². The summed E-state index contributed by atoms with van der Waals surface area (Å²) in [6.07, 6.45) is 18.4. The maximum Gasteiger partial charge on any atom is 0.225 e. The molecule has 4 nitrogen and oxygen atoms in total. The molecule has 3 saturated carbocycles. The molecule has 0 aromatic rings. The van der Waals surface area contributed by atoms with E-state index in [0.29, 0.717) is 17.9 Å². The van der Waals surface area contributed by atoms with E-state index in [-0.39, 0.29) is 0 Å². The minimum absolute atomic E-state index is 0.325. The smallest absolute Gasteiger partial charge is 0.225 e. The average Bonchev–Trinajstić information content (AvgIpc) is 2.76. The largest absolute Gasteiger partial charge is 0.343 e. The molecule has 3 aliphatic rings. The van der Waals surface area contributed by atoms with Crippen LogP contribution in [0.15, 0.2) is 0 Å². The predicted octanol–water partition coefficient (Wildman–Crippen LogP) is 5.30. The lowest BCUT2D eigenvalue weighted by molar-refractivity contribution is -0.138. The van der Waals surface area contributed by atoms with Crippen molar-refractivity contribution in [3.8, 4) is 0 Å². The van der Waals surface area contributed by atoms with Crippen LogP contribution in [0.1, 0.15) is 96.8 Å². The molecule has 164 valence electrons. The summed E-state index contributed by atoms with van der Waals surface area (Å²) in [5.41, 5.74) is 0. The van der Waals surface area contributed by atoms with Crippen molar-refractivity contribution in [2.75, 3.05) is 21.1 Å². The quantitative estimate of drug-likeness (QED) is 0.652. The Morgan fingerprint density at radius 1 is 0.714 bits per heavy atom. The lowest BCUT2D eigenvalue weighted by atomic mass is 9.81. The topological polar surface area (TPSA) is 40.6 Å². The fraction of sp³-hybridized carbons (Fsp3) is 0.917. The Morgan fingerprint density at radius 3 is 1.64 bits per heavy atom. The molecule has 1 amide bonds. The van der Waals surface area contributed by atoms with Crippen molar-refractivity contribution in [3.63, 3.8) is 0 Å². The Balaban J connectivity index is 0.000000301. The molecule has 0 saturated heterocycles. The zero-order valence-electron chi connectivity index (χ0n) is 19.1. The maximum absolute atomic E-state index is 12.5. The van der Waals surface area contributed by atoms with E-state index in [9.17, 15) is 4.79 Å². The van der Waals surface area contributed by atoms with Crippen LogP contribution in [-0.4, -0.2) is 55.7 Å². The van der Waals surface area contributed by atoms with E-state index in [1.54, 1.807) is 0 Å². The van der Waals surface area contributed by atoms with Gasteiger partial charge in [-0.25, -0.2) is 0 Å². The maximum atomic E-state index is 12.5. The van der Waals surface area contributed by atoms with Gasteiger partial charge in [-0.15, -0.1) is 0 Å². The third-order valence-corrected chi connectivity index (χ3v) is 7.06. The summed E-state index contributed by atoms with van der Waals surface area (Å²) in [5.74, 6) is 1.51. The number of amides is 1. The predicted molar refractivity (Wildman–Crippen MR) is 118 cm³/mol. The van der Waals surface area contributed by atoms with Crippen molar-refractivity contribution in [1.29, 1.82) is 0 Å². The minimum Gasteiger partial charge on any atom is -0.343 e. The Labute approximate surface area is 174 Å². The molecule has 0 radical (unpaired) electrons. The van der Waals surface area contributed by atoms with Crippen LogP contribution in [-0.2, 0) is 9.59 Å². The summed E-state index contributed by atoms with van der Waals surface area (Å²) in [7, 11) is 6.42. The number of hydrogen-bond acceptors (Lipinski definition) is 3. The van der Waals surface area contributed by atoms with E-state index in [0.717, 1.165) is 24.8 Å². The summed E-state index contributed by atoms with van der Waals surface area (Å²) in [6, 6.07) is 1.42. The molecular weight excluding hydrogens is 348 g/mol. The van der Waals surface area contributed by atoms with Crippen molar-refractivity contribution >= 4 is 12.7 Å². The van der Waals surface area contributed by atoms with E-state index in [4.69, 9.17) is 4.79 Å². The SMILES string of the molecule is C=O.CC1CCCC(C(=O)N(C)C2CCCCC2)C1.CN(C)C1CCCCC1. The molecule has 0 aromatic heterocycles. The van der Waals surface area contributed by atoms with Crippen LogP contribution >= 0.6 is 0 Å². The van der Waals surface area contributed by atoms with Crippen molar-refractivity contribution in [1.82, 2.24) is 9.80 Å². The Kier molecular flexibility index (Phi) is 12.7. The first kappa shape index (κ1) is 25.1. The van der Waals surface area contributed by atoms with Gasteiger partial charge in [0.2, 0.25) is 5.91 Å². The highest BCUT2D eigenvalue weighted by Gasteiger charge is 2.30. The molecule has 0 aliphatic heterocycles. The van der Waals surface area contributed by atoms with Crippen molar-refractivity contribution in [2.24, 2.45) is 11.8 Å². The summed E-state index contributed by atoms with van der Waals surface area (Å²) < 4.78 is 0. The van der Waals surface area contributed by atoms with Crippen LogP contribution in [0.3, 0.4) is 0 Å². The monoisotopic (exact) mass is 394 g/mol. The lowest BCUT2D eigenvalue weighted by Gasteiger charge is -2.35. The zero-order valence-corrected chi connectivity index (χ0v) is 19.1. The number of rotatable bonds is 3. The molecule has 0 spiro atoms. The van der Waals surface area contributed by atoms with Crippen LogP contribution in [0.4, 0.5) is 0 Å². The van der Waals surface area contributed by atoms with Gasteiger partial charge in [0, 0.05) is 25.0 Å². The van der Waals surface area contributed by atoms with Gasteiger partial charge in [0.1, 0.15) is 6.79 Å². The standard InChI is InChI=1S/C15H27NO.C8H17N.CH2O/c1-12-7-6-8-13(11-12)15(17)16(2)14-9-4-3-5-10-14;1-9(2)8-6-4-3-5-7-8;1-2/h12-14H,3-11H2,1-2H3;8H,3-7H2,1-2H3;1H2. The molecule has 3 aliphatic carbocycles. The van der Waals surface area contributed by atoms with Gasteiger partial charge >= 0.3 is 0 Å². The Hall–Kier alpha value is -0.900. The lowest BCUT2D eigenvalue weighted by Crippen LogP contribution is -2.42. The van der Waals surface area contributed by atoms with Crippen molar-refractivity contribution in [3.05, 3.63) is 0 Å². The Morgan fingerprint density at radius 2 is 1.21 bits per heavy atom. The summed E-state index contributed by atoms with van der Waals surface area (Å²) in [5, 5.41) is 0. The Bertz CT molecular complexity index is 415. The van der Waals surface area contributed by atoms with Gasteiger partial charge in [-0.3, -0.25) is 4.79 Å². The fourth-order valence-electron chi connectivity index (χ4n) is 5.19. The first-order valence-corrected chi connectivity index (χ1v) is 11.7. The average molecular weight is 395 g/mol. The van der Waals surface area contributed by atoms with Crippen LogP contribution < -0.4 is 0 Å². The van der Waals surface area contributed by atoms with E-state index in [2.05, 4.69) is 30.8 Å². The summed E-state index contributed by atoms with van der Waals surface area (Å²) in [4.78, 5) is 24.9. The molecule has 4 heteroatoms. The van der Waals surface area contributed by atoms with Gasteiger partial charge in [-0.1, -0.05) is 58.3 Å². The highest BCUT2D eigenvalue weighted by Crippen LogP contribution is 2.31. The zero-order chi connectivity index (χ0) is 20.9. The summed E-state index contributed by atoms with van der Waals surface area (Å²) >= 11 is 0. The highest BCUT2D eigenvalue weighted by molar-refractivity contribution is 5.79. The molecule has 2 unspecified atom stereocenters. The second-order valence-electron chi connectivity index (χ2n) is 9.47. The van der Waals surface area contributed by atoms with Gasteiger partial charge in [0.25, 0.3) is 0 Å². The third kappa shape index (κ3) is 8.63. The second kappa shape index (κ2) is 14.1. The van der Waals surface area contributed by atoms with Crippen LogP contribution in [0.2, 0.25) is 0 Å². The van der Waals surface area contributed by atoms with E-state index < -0.39 is 0 Å². The van der Waals surface area contributed by atoms with Crippen LogP contribution in [0, 0.1) is 11.8 Å². The van der Waals surface area contributed by atoms with Crippen LogP contribution in [0.5, 0.6) is 0 Å². The van der Waals surface area contributed by atoms with Crippen molar-refractivity contribution < 1.29 is 9.59 Å². The number of nitrogens with zero attached hydrogens (tertiary/aromatic N) is 2. The molecule has 0 N–H and O–H groups in total. The van der Waals surface area contributed by atoms with E-state index in [1.807, 2.05) is 13.8 Å². The molecule has 0 bridgehead atoms. The van der Waals surface area contributed by atoms with Gasteiger partial charge < -0.3 is 14.6 Å². The normalized spacial score (nSPS) is 26.5. The third-order valence-electron chi connectivity index (χ3n) is 7.06. The van der Waals surface area contributed by atoms with Gasteiger partial charge in [0.15, 0.2) is 0 Å². The van der Waals surface area contributed by atoms with Gasteiger partial charge in [-0.05, 0) is 58.5 Å². The number of carbonyl (C=O) groups is 2. The molecule has 3 rings (SSSR count). The number of hydrogen-bond donors (Lipinski definition) is 0. The fourth-order valence-corrected chi connectivity index (χ4v) is 5.19. The highest BCUT2D eigenvalue weighted by atomic mass is 16.2. The molecule has 0 aromatic carbocycles. The first-order chi connectivity index (χ1) is 13.5. The minimum atomic E-state index is 0.325. The second-order valence-corrected chi connectivity index (χ2v) is 9.47. The number of carbonyl (C=O) groups excluding carboxylic acids is 2. The first-order valence-electron chi connectivity index (χ1n) is 11.7. The van der Waals surface area contributed by atoms with Gasteiger partial charge in [0.05, 0.1) is 0 Å². The van der Waals surface area contributed by atoms with E-state index in [1.165, 1.54) is 77.0 Å².